The zero-order valence-corrected chi connectivity index (χ0v) is 11.9. The third-order valence-corrected chi connectivity index (χ3v) is 3.30. The quantitative estimate of drug-likeness (QED) is 0.861. The Labute approximate surface area is 118 Å². The SMILES string of the molecule is CC(=O)c1cccc(NC(=O)c2ccc(C)c(C)c2)c1. The van der Waals surface area contributed by atoms with Gasteiger partial charge in [0.1, 0.15) is 0 Å². The average molecular weight is 267 g/mol. The first kappa shape index (κ1) is 14.0. The second-order valence-electron chi connectivity index (χ2n) is 4.89. The van der Waals surface area contributed by atoms with Crippen molar-refractivity contribution in [1.82, 2.24) is 0 Å². The average Bonchev–Trinajstić information content (AvgIpc) is 2.42. The molecule has 1 amide bonds. The lowest BCUT2D eigenvalue weighted by atomic mass is 10.1. The van der Waals surface area contributed by atoms with Crippen LogP contribution in [0, 0.1) is 13.8 Å². The standard InChI is InChI=1S/C17H17NO2/c1-11-7-8-15(9-12(11)2)17(20)18-16-6-4-5-14(10-16)13(3)19/h4-10H,1-3H3,(H,18,20). The van der Waals surface area contributed by atoms with Crippen molar-refractivity contribution < 1.29 is 9.59 Å². The lowest BCUT2D eigenvalue weighted by molar-refractivity contribution is 0.101. The van der Waals surface area contributed by atoms with Gasteiger partial charge in [0.05, 0.1) is 0 Å². The molecular weight excluding hydrogens is 250 g/mol. The zero-order valence-electron chi connectivity index (χ0n) is 11.9. The molecule has 0 unspecified atom stereocenters. The second kappa shape index (κ2) is 5.70. The van der Waals surface area contributed by atoms with Crippen LogP contribution in [0.15, 0.2) is 42.5 Å². The molecule has 0 atom stereocenters. The number of ketones is 1. The maximum atomic E-state index is 12.2. The van der Waals surface area contributed by atoms with Gasteiger partial charge in [0.15, 0.2) is 5.78 Å². The van der Waals surface area contributed by atoms with Crippen molar-refractivity contribution in [2.24, 2.45) is 0 Å². The first-order valence-electron chi connectivity index (χ1n) is 6.47. The van der Waals surface area contributed by atoms with E-state index in [0.717, 1.165) is 11.1 Å². The van der Waals surface area contributed by atoms with Crippen LogP contribution in [0.4, 0.5) is 5.69 Å². The molecule has 3 heteroatoms. The van der Waals surface area contributed by atoms with Gasteiger partial charge in [-0.1, -0.05) is 18.2 Å². The van der Waals surface area contributed by atoms with Crippen molar-refractivity contribution in [3.63, 3.8) is 0 Å². The Morgan fingerprint density at radius 2 is 1.65 bits per heavy atom. The van der Waals surface area contributed by atoms with Gasteiger partial charge in [-0.2, -0.15) is 0 Å². The molecular formula is C17H17NO2. The van der Waals surface area contributed by atoms with Gasteiger partial charge in [-0.15, -0.1) is 0 Å². The highest BCUT2D eigenvalue weighted by atomic mass is 16.1. The van der Waals surface area contributed by atoms with E-state index in [2.05, 4.69) is 5.32 Å². The molecule has 20 heavy (non-hydrogen) atoms. The van der Waals surface area contributed by atoms with E-state index in [1.54, 1.807) is 30.3 Å². The van der Waals surface area contributed by atoms with Crippen LogP contribution >= 0.6 is 0 Å². The summed E-state index contributed by atoms with van der Waals surface area (Å²) >= 11 is 0. The summed E-state index contributed by atoms with van der Waals surface area (Å²) in [5.74, 6) is -0.193. The summed E-state index contributed by atoms with van der Waals surface area (Å²) in [6, 6.07) is 12.5. The largest absolute Gasteiger partial charge is 0.322 e. The lowest BCUT2D eigenvalue weighted by Gasteiger charge is -2.08. The Hall–Kier alpha value is -2.42. The number of nitrogens with one attached hydrogen (secondary N) is 1. The van der Waals surface area contributed by atoms with Crippen LogP contribution in [0.3, 0.4) is 0 Å². The molecule has 0 heterocycles. The van der Waals surface area contributed by atoms with E-state index in [1.807, 2.05) is 26.0 Å². The first-order valence-corrected chi connectivity index (χ1v) is 6.47. The highest BCUT2D eigenvalue weighted by Crippen LogP contribution is 2.14. The van der Waals surface area contributed by atoms with Gasteiger partial charge in [0.2, 0.25) is 0 Å². The van der Waals surface area contributed by atoms with E-state index in [1.165, 1.54) is 6.92 Å². The molecule has 0 saturated carbocycles. The van der Waals surface area contributed by atoms with Crippen LogP contribution in [0.5, 0.6) is 0 Å². The Morgan fingerprint density at radius 3 is 2.30 bits per heavy atom. The van der Waals surface area contributed by atoms with Crippen LogP contribution in [-0.4, -0.2) is 11.7 Å². The molecule has 2 rings (SSSR count). The molecule has 2 aromatic carbocycles. The van der Waals surface area contributed by atoms with E-state index in [-0.39, 0.29) is 11.7 Å². The number of Topliss-reactive ketones (excluding diaryl/α,β-unsaturated/α-hetero) is 1. The van der Waals surface area contributed by atoms with Crippen LogP contribution in [0.1, 0.15) is 38.8 Å². The third kappa shape index (κ3) is 3.12. The fourth-order valence-electron chi connectivity index (χ4n) is 1.90. The number of hydrogen-bond acceptors (Lipinski definition) is 2. The fourth-order valence-corrected chi connectivity index (χ4v) is 1.90. The minimum atomic E-state index is -0.172. The predicted octanol–water partition coefficient (Wildman–Crippen LogP) is 3.76. The van der Waals surface area contributed by atoms with E-state index >= 15 is 0 Å². The summed E-state index contributed by atoms with van der Waals surface area (Å²) in [5.41, 5.74) is 4.06. The summed E-state index contributed by atoms with van der Waals surface area (Å²) in [6.07, 6.45) is 0. The number of carbonyl (C=O) groups is 2. The molecule has 0 saturated heterocycles. The molecule has 0 radical (unpaired) electrons. The number of carbonyl (C=O) groups excluding carboxylic acids is 2. The molecule has 0 aliphatic rings. The van der Waals surface area contributed by atoms with Crippen LogP contribution in [-0.2, 0) is 0 Å². The van der Waals surface area contributed by atoms with Gasteiger partial charge in [-0.05, 0) is 56.2 Å². The molecule has 0 aliphatic heterocycles. The molecule has 1 N–H and O–H groups in total. The van der Waals surface area contributed by atoms with Gasteiger partial charge >= 0.3 is 0 Å². The van der Waals surface area contributed by atoms with Crippen LogP contribution in [0.25, 0.3) is 0 Å². The number of anilines is 1. The third-order valence-electron chi connectivity index (χ3n) is 3.30. The van der Waals surface area contributed by atoms with Crippen molar-refractivity contribution in [2.75, 3.05) is 5.32 Å². The Kier molecular flexibility index (Phi) is 3.99. The highest BCUT2D eigenvalue weighted by molar-refractivity contribution is 6.05. The van der Waals surface area contributed by atoms with Crippen molar-refractivity contribution in [2.45, 2.75) is 20.8 Å². The predicted molar refractivity (Wildman–Crippen MR) is 80.3 cm³/mol. The molecule has 0 fully saturated rings. The van der Waals surface area contributed by atoms with Gasteiger partial charge < -0.3 is 5.32 Å². The smallest absolute Gasteiger partial charge is 0.255 e. The Balaban J connectivity index is 2.21. The number of aryl methyl sites for hydroxylation is 2. The van der Waals surface area contributed by atoms with E-state index in [4.69, 9.17) is 0 Å². The van der Waals surface area contributed by atoms with E-state index < -0.39 is 0 Å². The number of rotatable bonds is 3. The molecule has 0 bridgehead atoms. The summed E-state index contributed by atoms with van der Waals surface area (Å²) in [5, 5.41) is 2.81. The van der Waals surface area contributed by atoms with Gasteiger partial charge in [0, 0.05) is 16.8 Å². The van der Waals surface area contributed by atoms with Crippen molar-refractivity contribution in [1.29, 1.82) is 0 Å². The second-order valence-corrected chi connectivity index (χ2v) is 4.89. The summed E-state index contributed by atoms with van der Waals surface area (Å²) in [6.45, 7) is 5.49. The van der Waals surface area contributed by atoms with Gasteiger partial charge in [0.25, 0.3) is 5.91 Å². The zero-order chi connectivity index (χ0) is 14.7. The van der Waals surface area contributed by atoms with Gasteiger partial charge in [-0.3, -0.25) is 9.59 Å². The number of hydrogen-bond donors (Lipinski definition) is 1. The molecule has 0 spiro atoms. The molecule has 0 aliphatic carbocycles. The van der Waals surface area contributed by atoms with Crippen molar-refractivity contribution >= 4 is 17.4 Å². The van der Waals surface area contributed by atoms with Gasteiger partial charge in [-0.25, -0.2) is 0 Å². The maximum Gasteiger partial charge on any atom is 0.255 e. The summed E-state index contributed by atoms with van der Waals surface area (Å²) < 4.78 is 0. The number of benzene rings is 2. The normalized spacial score (nSPS) is 10.2. The summed E-state index contributed by atoms with van der Waals surface area (Å²) in [7, 11) is 0. The molecule has 102 valence electrons. The van der Waals surface area contributed by atoms with Crippen molar-refractivity contribution in [3.05, 3.63) is 64.7 Å². The van der Waals surface area contributed by atoms with E-state index in [0.29, 0.717) is 16.8 Å². The minimum Gasteiger partial charge on any atom is -0.322 e. The molecule has 2 aromatic rings. The minimum absolute atomic E-state index is 0.0210. The maximum absolute atomic E-state index is 12.2. The molecule has 0 aromatic heterocycles. The lowest BCUT2D eigenvalue weighted by Crippen LogP contribution is -2.12. The first-order chi connectivity index (χ1) is 9.47. The Bertz CT molecular complexity index is 674. The van der Waals surface area contributed by atoms with Crippen LogP contribution < -0.4 is 5.32 Å². The van der Waals surface area contributed by atoms with E-state index in [9.17, 15) is 9.59 Å². The number of amides is 1. The monoisotopic (exact) mass is 267 g/mol. The highest BCUT2D eigenvalue weighted by Gasteiger charge is 2.08. The van der Waals surface area contributed by atoms with Crippen LogP contribution in [0.2, 0.25) is 0 Å². The van der Waals surface area contributed by atoms with Crippen molar-refractivity contribution in [3.8, 4) is 0 Å². The molecule has 3 nitrogen and oxygen atoms in total. The fraction of sp³-hybridized carbons (Fsp3) is 0.176. The Morgan fingerprint density at radius 1 is 0.900 bits per heavy atom. The summed E-state index contributed by atoms with van der Waals surface area (Å²) in [4.78, 5) is 23.5. The topological polar surface area (TPSA) is 46.2 Å².